The van der Waals surface area contributed by atoms with Gasteiger partial charge in [-0.1, -0.05) is 0 Å². The Morgan fingerprint density at radius 3 is 2.53 bits per heavy atom. The number of carbonyl (C=O) groups is 1. The molecular weight excluding hydrogens is 250 g/mol. The molecule has 0 aliphatic heterocycles. The van der Waals surface area contributed by atoms with Gasteiger partial charge in [0.1, 0.15) is 0 Å². The summed E-state index contributed by atoms with van der Waals surface area (Å²) in [5, 5.41) is 13.6. The van der Waals surface area contributed by atoms with Crippen molar-refractivity contribution in [1.82, 2.24) is 14.8 Å². The van der Waals surface area contributed by atoms with E-state index >= 15 is 0 Å². The van der Waals surface area contributed by atoms with Crippen LogP contribution < -0.4 is 34.7 Å². The third-order valence-electron chi connectivity index (χ3n) is 1.90. The van der Waals surface area contributed by atoms with Gasteiger partial charge in [0.25, 0.3) is 0 Å². The van der Waals surface area contributed by atoms with E-state index in [-0.39, 0.29) is 45.1 Å². The molecule has 17 heavy (non-hydrogen) atoms. The van der Waals surface area contributed by atoms with E-state index in [9.17, 15) is 23.1 Å². The molecule has 9 heteroatoms. The number of fused-ring (bicyclic) bond motifs is 1. The molecule has 2 heterocycles. The monoisotopic (exact) mass is 253 g/mol. The summed E-state index contributed by atoms with van der Waals surface area (Å²) in [6.45, 7) is 0. The Morgan fingerprint density at radius 1 is 1.35 bits per heavy atom. The van der Waals surface area contributed by atoms with Crippen LogP contribution in [0.1, 0.15) is 10.5 Å². The largest absolute Gasteiger partial charge is 1.00 e. The van der Waals surface area contributed by atoms with E-state index in [2.05, 4.69) is 10.1 Å². The first kappa shape index (κ1) is 13.9. The van der Waals surface area contributed by atoms with Crippen molar-refractivity contribution >= 4 is 16.9 Å². The first-order valence-corrected chi connectivity index (χ1v) is 4.02. The van der Waals surface area contributed by atoms with E-state index in [1.54, 1.807) is 0 Å². The van der Waals surface area contributed by atoms with Crippen LogP contribution in [0.3, 0.4) is 0 Å². The minimum atomic E-state index is -4.70. The number of carbonyl (C=O) groups excluding carboxylic acids is 1. The molecule has 2 aromatic heterocycles. The van der Waals surface area contributed by atoms with Crippen molar-refractivity contribution in [2.24, 2.45) is 0 Å². The molecule has 0 saturated carbocycles. The van der Waals surface area contributed by atoms with Crippen LogP contribution in [-0.4, -0.2) is 20.7 Å². The first-order valence-electron chi connectivity index (χ1n) is 4.02. The normalized spacial score (nSPS) is 11.2. The predicted molar refractivity (Wildman–Crippen MR) is 43.2 cm³/mol. The van der Waals surface area contributed by atoms with Crippen LogP contribution in [0.2, 0.25) is 0 Å². The zero-order valence-corrected chi connectivity index (χ0v) is 10.5. The molecule has 0 aliphatic carbocycles. The number of hydrogen-bond acceptors (Lipinski definition) is 4. The second-order valence-electron chi connectivity index (χ2n) is 2.94. The molecule has 0 saturated heterocycles. The van der Waals surface area contributed by atoms with E-state index in [1.807, 2.05) is 0 Å². The molecule has 0 amide bonds. The molecule has 5 nitrogen and oxygen atoms in total. The van der Waals surface area contributed by atoms with Crippen molar-refractivity contribution in [2.75, 3.05) is 0 Å². The van der Waals surface area contributed by atoms with Crippen molar-refractivity contribution in [2.45, 2.75) is 6.30 Å². The molecule has 2 rings (SSSR count). The van der Waals surface area contributed by atoms with Crippen molar-refractivity contribution in [3.05, 3.63) is 24.2 Å². The van der Waals surface area contributed by atoms with Gasteiger partial charge >= 0.3 is 35.9 Å². The number of carboxylic acids is 1. The Hall–Kier alpha value is -1.12. The SMILES string of the molecule is O=C([O-])c1cc2c(cn1)cnn2C(F)(F)F.[Na+]. The number of aromatic carboxylic acids is 1. The molecule has 2 aromatic rings. The fourth-order valence-electron chi connectivity index (χ4n) is 1.23. The van der Waals surface area contributed by atoms with Gasteiger partial charge in [0, 0.05) is 11.6 Å². The summed E-state index contributed by atoms with van der Waals surface area (Å²) in [7, 11) is 0. The Kier molecular flexibility index (Phi) is 3.80. The van der Waals surface area contributed by atoms with E-state index in [4.69, 9.17) is 0 Å². The Balaban J connectivity index is 0.00000144. The number of rotatable bonds is 1. The number of carboxylic acid groups (broad SMARTS) is 1. The maximum absolute atomic E-state index is 12.4. The minimum Gasteiger partial charge on any atom is -0.543 e. The average molecular weight is 253 g/mol. The molecule has 0 unspecified atom stereocenters. The van der Waals surface area contributed by atoms with Crippen molar-refractivity contribution < 1.29 is 52.6 Å². The molecule has 0 atom stereocenters. The maximum atomic E-state index is 12.4. The average Bonchev–Trinajstić information content (AvgIpc) is 2.58. The molecule has 0 bridgehead atoms. The van der Waals surface area contributed by atoms with E-state index in [0.29, 0.717) is 0 Å². The van der Waals surface area contributed by atoms with Gasteiger partial charge in [0.05, 0.1) is 23.4 Å². The molecule has 0 radical (unpaired) electrons. The van der Waals surface area contributed by atoms with Crippen LogP contribution in [0.5, 0.6) is 0 Å². The van der Waals surface area contributed by atoms with Crippen molar-refractivity contribution in [3.63, 3.8) is 0 Å². The zero-order valence-electron chi connectivity index (χ0n) is 8.52. The number of nitrogens with zero attached hydrogens (tertiary/aromatic N) is 3. The number of alkyl halides is 3. The number of halogens is 3. The molecular formula is C8H3F3N3NaO2. The molecule has 0 fully saturated rings. The summed E-state index contributed by atoms with van der Waals surface area (Å²) in [4.78, 5) is 13.9. The van der Waals surface area contributed by atoms with E-state index in [1.165, 1.54) is 0 Å². The Morgan fingerprint density at radius 2 is 2.00 bits per heavy atom. The van der Waals surface area contributed by atoms with E-state index < -0.39 is 18.0 Å². The molecule has 0 N–H and O–H groups in total. The zero-order chi connectivity index (χ0) is 11.9. The first-order chi connectivity index (χ1) is 7.39. The van der Waals surface area contributed by atoms with E-state index in [0.717, 1.165) is 18.5 Å². The Labute approximate surface area is 115 Å². The summed E-state index contributed by atoms with van der Waals surface area (Å²) >= 11 is 0. The summed E-state index contributed by atoms with van der Waals surface area (Å²) in [6.07, 6.45) is -2.75. The third kappa shape index (κ3) is 2.59. The van der Waals surface area contributed by atoms with Crippen LogP contribution in [-0.2, 0) is 6.30 Å². The number of aromatic nitrogens is 3. The number of pyridine rings is 1. The molecule has 0 aliphatic rings. The fraction of sp³-hybridized carbons (Fsp3) is 0.125. The second kappa shape index (κ2) is 4.63. The minimum absolute atomic E-state index is 0. The predicted octanol–water partition coefficient (Wildman–Crippen LogP) is -2.72. The maximum Gasteiger partial charge on any atom is 1.00 e. The van der Waals surface area contributed by atoms with Gasteiger partial charge in [-0.2, -0.15) is 9.78 Å². The van der Waals surface area contributed by atoms with Gasteiger partial charge in [-0.15, -0.1) is 13.2 Å². The van der Waals surface area contributed by atoms with Crippen LogP contribution in [0.25, 0.3) is 10.9 Å². The molecule has 84 valence electrons. The van der Waals surface area contributed by atoms with Crippen LogP contribution in [0.4, 0.5) is 13.2 Å². The molecule has 0 spiro atoms. The summed E-state index contributed by atoms with van der Waals surface area (Å²) in [6, 6.07) is 0.769. The van der Waals surface area contributed by atoms with Gasteiger partial charge in [-0.25, -0.2) is 0 Å². The summed E-state index contributed by atoms with van der Waals surface area (Å²) in [5.41, 5.74) is -0.944. The molecule has 0 aromatic carbocycles. The van der Waals surface area contributed by atoms with Gasteiger partial charge in [0.2, 0.25) is 0 Å². The smallest absolute Gasteiger partial charge is 0.543 e. The quantitative estimate of drug-likeness (QED) is 0.517. The van der Waals surface area contributed by atoms with Crippen LogP contribution in [0, 0.1) is 0 Å². The summed E-state index contributed by atoms with van der Waals surface area (Å²) < 4.78 is 37.0. The van der Waals surface area contributed by atoms with Crippen molar-refractivity contribution in [1.29, 1.82) is 0 Å². The van der Waals surface area contributed by atoms with Crippen LogP contribution >= 0.6 is 0 Å². The van der Waals surface area contributed by atoms with Crippen molar-refractivity contribution in [3.8, 4) is 0 Å². The number of hydrogen-bond donors (Lipinski definition) is 0. The van der Waals surface area contributed by atoms with Crippen LogP contribution in [0.15, 0.2) is 18.5 Å². The Bertz CT molecular complexity index is 567. The van der Waals surface area contributed by atoms with Gasteiger partial charge in [-0.3, -0.25) is 4.98 Å². The van der Waals surface area contributed by atoms with Gasteiger partial charge in [-0.05, 0) is 6.07 Å². The standard InChI is InChI=1S/C8H4F3N3O2.Na/c9-8(10,11)14-6-1-5(7(15)16)12-2-4(6)3-13-14;/h1-3H,(H,15,16);/q;+1/p-1. The topological polar surface area (TPSA) is 70.8 Å². The third-order valence-corrected chi connectivity index (χ3v) is 1.90. The second-order valence-corrected chi connectivity index (χ2v) is 2.94. The fourth-order valence-corrected chi connectivity index (χ4v) is 1.23. The summed E-state index contributed by atoms with van der Waals surface area (Å²) in [5.74, 6) is -1.64. The van der Waals surface area contributed by atoms with Gasteiger partial charge < -0.3 is 9.90 Å². The van der Waals surface area contributed by atoms with Gasteiger partial charge in [0.15, 0.2) is 0 Å².